The quantitative estimate of drug-likeness (QED) is 0.606. The molecule has 2 rings (SSSR count). The van der Waals surface area contributed by atoms with Crippen molar-refractivity contribution >= 4 is 23.4 Å². The van der Waals surface area contributed by atoms with Gasteiger partial charge in [0, 0.05) is 22.4 Å². The summed E-state index contributed by atoms with van der Waals surface area (Å²) in [6.45, 7) is 0.492. The van der Waals surface area contributed by atoms with Gasteiger partial charge in [0.25, 0.3) is 0 Å². The van der Waals surface area contributed by atoms with E-state index in [1.807, 2.05) is 42.5 Å². The molecule has 0 spiro atoms. The van der Waals surface area contributed by atoms with Gasteiger partial charge in [-0.2, -0.15) is 0 Å². The van der Waals surface area contributed by atoms with Crippen LogP contribution in [0.2, 0.25) is 0 Å². The van der Waals surface area contributed by atoms with Crippen molar-refractivity contribution in [3.8, 4) is 5.75 Å². The highest BCUT2D eigenvalue weighted by Gasteiger charge is 2.04. The summed E-state index contributed by atoms with van der Waals surface area (Å²) >= 11 is 1.44. The standard InChI is InChI=1S/C16H17NO3S/c17-14-10-13(20-11-12-4-2-1-3-5-12)6-7-15(14)21-9-8-16(18)19/h1-7,10H,8-9,11,17H2,(H,18,19). The monoisotopic (exact) mass is 303 g/mol. The van der Waals surface area contributed by atoms with Crippen LogP contribution in [0.1, 0.15) is 12.0 Å². The number of nitrogens with two attached hydrogens (primary N) is 1. The van der Waals surface area contributed by atoms with E-state index in [1.54, 1.807) is 6.07 Å². The number of hydrogen-bond acceptors (Lipinski definition) is 4. The Balaban J connectivity index is 1.91. The molecule has 0 saturated heterocycles. The van der Waals surface area contributed by atoms with Crippen LogP contribution in [0.15, 0.2) is 53.4 Å². The summed E-state index contributed by atoms with van der Waals surface area (Å²) in [7, 11) is 0. The molecule has 0 unspecified atom stereocenters. The van der Waals surface area contributed by atoms with Gasteiger partial charge < -0.3 is 15.6 Å². The first-order valence-electron chi connectivity index (χ1n) is 6.56. The molecular formula is C16H17NO3S. The second-order valence-corrected chi connectivity index (χ2v) is 5.60. The number of carboxylic acid groups (broad SMARTS) is 1. The van der Waals surface area contributed by atoms with E-state index in [2.05, 4.69) is 0 Å². The average Bonchev–Trinajstić information content (AvgIpc) is 2.48. The molecule has 0 aromatic heterocycles. The van der Waals surface area contributed by atoms with E-state index in [1.165, 1.54) is 11.8 Å². The summed E-state index contributed by atoms with van der Waals surface area (Å²) in [6.07, 6.45) is 0.121. The third-order valence-corrected chi connectivity index (χ3v) is 3.89. The molecule has 2 aromatic rings. The van der Waals surface area contributed by atoms with Crippen LogP contribution >= 0.6 is 11.8 Å². The molecular weight excluding hydrogens is 286 g/mol. The number of aliphatic carboxylic acids is 1. The van der Waals surface area contributed by atoms with Crippen LogP contribution in [0, 0.1) is 0 Å². The number of hydrogen-bond donors (Lipinski definition) is 2. The lowest BCUT2D eigenvalue weighted by molar-refractivity contribution is -0.136. The lowest BCUT2D eigenvalue weighted by Crippen LogP contribution is -1.98. The van der Waals surface area contributed by atoms with Gasteiger partial charge in [-0.3, -0.25) is 4.79 Å². The maximum Gasteiger partial charge on any atom is 0.304 e. The fourth-order valence-corrected chi connectivity index (χ4v) is 2.62. The Morgan fingerprint density at radius 2 is 1.95 bits per heavy atom. The smallest absolute Gasteiger partial charge is 0.304 e. The molecule has 0 aliphatic carbocycles. The Kier molecular flexibility index (Phi) is 5.51. The van der Waals surface area contributed by atoms with Gasteiger partial charge in [-0.25, -0.2) is 0 Å². The van der Waals surface area contributed by atoms with Crippen LogP contribution in [0.4, 0.5) is 5.69 Å². The van der Waals surface area contributed by atoms with E-state index in [9.17, 15) is 4.79 Å². The lowest BCUT2D eigenvalue weighted by Gasteiger charge is -2.09. The molecule has 0 heterocycles. The molecule has 110 valence electrons. The Bertz CT molecular complexity index is 602. The summed E-state index contributed by atoms with van der Waals surface area (Å²) < 4.78 is 5.69. The van der Waals surface area contributed by atoms with Gasteiger partial charge in [-0.15, -0.1) is 11.8 Å². The van der Waals surface area contributed by atoms with Crippen LogP contribution in [-0.2, 0) is 11.4 Å². The number of carbonyl (C=O) groups is 1. The third kappa shape index (κ3) is 5.04. The van der Waals surface area contributed by atoms with Crippen molar-refractivity contribution in [3.05, 3.63) is 54.1 Å². The zero-order valence-electron chi connectivity index (χ0n) is 11.5. The number of ether oxygens (including phenoxy) is 1. The predicted octanol–water partition coefficient (Wildman–Crippen LogP) is 3.41. The van der Waals surface area contributed by atoms with E-state index in [4.69, 9.17) is 15.6 Å². The number of benzene rings is 2. The molecule has 4 nitrogen and oxygen atoms in total. The lowest BCUT2D eigenvalue weighted by atomic mass is 10.2. The fraction of sp³-hybridized carbons (Fsp3) is 0.188. The van der Waals surface area contributed by atoms with Crippen molar-refractivity contribution in [1.29, 1.82) is 0 Å². The van der Waals surface area contributed by atoms with Crippen molar-refractivity contribution < 1.29 is 14.6 Å². The largest absolute Gasteiger partial charge is 0.489 e. The van der Waals surface area contributed by atoms with Gasteiger partial charge in [-0.05, 0) is 17.7 Å². The zero-order valence-corrected chi connectivity index (χ0v) is 12.3. The zero-order chi connectivity index (χ0) is 15.1. The van der Waals surface area contributed by atoms with E-state index < -0.39 is 5.97 Å². The Morgan fingerprint density at radius 1 is 1.19 bits per heavy atom. The molecule has 2 aromatic carbocycles. The maximum absolute atomic E-state index is 10.5. The van der Waals surface area contributed by atoms with Gasteiger partial charge in [0.15, 0.2) is 0 Å². The summed E-state index contributed by atoms with van der Waals surface area (Å²) in [4.78, 5) is 11.4. The predicted molar refractivity (Wildman–Crippen MR) is 84.6 cm³/mol. The highest BCUT2D eigenvalue weighted by atomic mass is 32.2. The highest BCUT2D eigenvalue weighted by molar-refractivity contribution is 7.99. The van der Waals surface area contributed by atoms with E-state index >= 15 is 0 Å². The van der Waals surface area contributed by atoms with Crippen LogP contribution in [0.5, 0.6) is 5.75 Å². The molecule has 0 saturated carbocycles. The summed E-state index contributed by atoms with van der Waals surface area (Å²) in [5.74, 6) is 0.409. The highest BCUT2D eigenvalue weighted by Crippen LogP contribution is 2.29. The molecule has 0 bridgehead atoms. The minimum absolute atomic E-state index is 0.121. The Labute approximate surface area is 127 Å². The van der Waals surface area contributed by atoms with Gasteiger partial charge >= 0.3 is 5.97 Å². The SMILES string of the molecule is Nc1cc(OCc2ccccc2)ccc1SCCC(=O)O. The number of nitrogen functional groups attached to an aromatic ring is 1. The van der Waals surface area contributed by atoms with Gasteiger partial charge in [0.05, 0.1) is 6.42 Å². The summed E-state index contributed by atoms with van der Waals surface area (Å²) in [5, 5.41) is 8.62. The second-order valence-electron chi connectivity index (χ2n) is 4.47. The first-order valence-corrected chi connectivity index (χ1v) is 7.54. The Morgan fingerprint density at radius 3 is 2.62 bits per heavy atom. The van der Waals surface area contributed by atoms with Crippen LogP contribution < -0.4 is 10.5 Å². The van der Waals surface area contributed by atoms with Gasteiger partial charge in [0.2, 0.25) is 0 Å². The summed E-state index contributed by atoms with van der Waals surface area (Å²) in [6, 6.07) is 15.4. The molecule has 5 heteroatoms. The molecule has 0 amide bonds. The molecule has 0 atom stereocenters. The third-order valence-electron chi connectivity index (χ3n) is 2.80. The number of rotatable bonds is 7. The number of thioether (sulfide) groups is 1. The van der Waals surface area contributed by atoms with Crippen molar-refractivity contribution in [2.75, 3.05) is 11.5 Å². The number of carboxylic acids is 1. The minimum Gasteiger partial charge on any atom is -0.489 e. The fourth-order valence-electron chi connectivity index (χ4n) is 1.74. The topological polar surface area (TPSA) is 72.5 Å². The van der Waals surface area contributed by atoms with E-state index in [-0.39, 0.29) is 6.42 Å². The summed E-state index contributed by atoms with van der Waals surface area (Å²) in [5.41, 5.74) is 7.66. The van der Waals surface area contributed by atoms with E-state index in [0.717, 1.165) is 10.5 Å². The van der Waals surface area contributed by atoms with E-state index in [0.29, 0.717) is 23.8 Å². The first-order chi connectivity index (χ1) is 10.1. The molecule has 0 radical (unpaired) electrons. The molecule has 0 fully saturated rings. The van der Waals surface area contributed by atoms with Crippen molar-refractivity contribution in [1.82, 2.24) is 0 Å². The van der Waals surface area contributed by atoms with Crippen molar-refractivity contribution in [3.63, 3.8) is 0 Å². The normalized spacial score (nSPS) is 10.3. The van der Waals surface area contributed by atoms with Gasteiger partial charge in [-0.1, -0.05) is 30.3 Å². The van der Waals surface area contributed by atoms with Gasteiger partial charge in [0.1, 0.15) is 12.4 Å². The van der Waals surface area contributed by atoms with Crippen molar-refractivity contribution in [2.45, 2.75) is 17.9 Å². The molecule has 0 aliphatic rings. The van der Waals surface area contributed by atoms with Crippen LogP contribution in [0.3, 0.4) is 0 Å². The first kappa shape index (κ1) is 15.3. The molecule has 0 aliphatic heterocycles. The molecule has 3 N–H and O–H groups in total. The Hall–Kier alpha value is -2.14. The van der Waals surface area contributed by atoms with Crippen LogP contribution in [0.25, 0.3) is 0 Å². The second kappa shape index (κ2) is 7.59. The molecule has 21 heavy (non-hydrogen) atoms. The maximum atomic E-state index is 10.5. The minimum atomic E-state index is -0.802. The van der Waals surface area contributed by atoms with Crippen LogP contribution in [-0.4, -0.2) is 16.8 Å². The average molecular weight is 303 g/mol. The number of anilines is 1. The van der Waals surface area contributed by atoms with Crippen molar-refractivity contribution in [2.24, 2.45) is 0 Å².